The van der Waals surface area contributed by atoms with E-state index in [1.54, 1.807) is 0 Å². The summed E-state index contributed by atoms with van der Waals surface area (Å²) < 4.78 is 0. The summed E-state index contributed by atoms with van der Waals surface area (Å²) in [5.74, 6) is 1.49. The number of aliphatic hydroxyl groups is 1. The van der Waals surface area contributed by atoms with Gasteiger partial charge in [0.05, 0.1) is 6.10 Å². The third-order valence-electron chi connectivity index (χ3n) is 2.60. The molecule has 0 aliphatic carbocycles. The lowest BCUT2D eigenvalue weighted by molar-refractivity contribution is 0.195. The Balaban J connectivity index is 1.90. The molecule has 0 fully saturated rings. The zero-order valence-corrected chi connectivity index (χ0v) is 11.2. The van der Waals surface area contributed by atoms with Crippen LogP contribution in [0.5, 0.6) is 0 Å². The molecule has 2 N–H and O–H groups in total. The van der Waals surface area contributed by atoms with Gasteiger partial charge < -0.3 is 5.11 Å². The predicted molar refractivity (Wildman–Crippen MR) is 72.7 cm³/mol. The predicted octanol–water partition coefficient (Wildman–Crippen LogP) is 2.26. The fraction of sp³-hybridized carbons (Fsp3) is 0.385. The minimum Gasteiger partial charge on any atom is -0.392 e. The van der Waals surface area contributed by atoms with E-state index in [0.717, 1.165) is 18.7 Å². The molecule has 0 spiro atoms. The first-order chi connectivity index (χ1) is 8.78. The molecule has 2 aromatic rings. The molecule has 0 aliphatic rings. The standard InChI is InChI=1S/C13H17N3OS/c1-2-11(17)9-18-13-14-12(15-16-13)8-10-6-4-3-5-7-10/h3-7,11,17H,2,8-9H2,1H3,(H,14,15,16)/t11-/m1/s1. The fourth-order valence-corrected chi connectivity index (χ4v) is 2.36. The number of rotatable bonds is 6. The molecule has 1 aromatic heterocycles. The van der Waals surface area contributed by atoms with E-state index in [-0.39, 0.29) is 6.10 Å². The van der Waals surface area contributed by atoms with Gasteiger partial charge >= 0.3 is 0 Å². The largest absolute Gasteiger partial charge is 0.392 e. The SMILES string of the molecule is CC[C@@H](O)CSc1n[nH]c(Cc2ccccc2)n1. The van der Waals surface area contributed by atoms with Crippen LogP contribution >= 0.6 is 11.8 Å². The van der Waals surface area contributed by atoms with Crippen molar-refractivity contribution in [2.24, 2.45) is 0 Å². The van der Waals surface area contributed by atoms with Crippen molar-refractivity contribution in [2.75, 3.05) is 5.75 Å². The van der Waals surface area contributed by atoms with Gasteiger partial charge in [0.2, 0.25) is 5.16 Å². The van der Waals surface area contributed by atoms with E-state index < -0.39 is 0 Å². The first kappa shape index (κ1) is 13.1. The molecule has 0 bridgehead atoms. The van der Waals surface area contributed by atoms with Crippen molar-refractivity contribution >= 4 is 11.8 Å². The van der Waals surface area contributed by atoms with Gasteiger partial charge in [0.1, 0.15) is 5.82 Å². The summed E-state index contributed by atoms with van der Waals surface area (Å²) in [5, 5.41) is 17.2. The molecule has 0 radical (unpaired) electrons. The number of aliphatic hydroxyl groups excluding tert-OH is 1. The van der Waals surface area contributed by atoms with Gasteiger partial charge in [0.15, 0.2) is 0 Å². The Hall–Kier alpha value is -1.33. The molecular weight excluding hydrogens is 246 g/mol. The Morgan fingerprint density at radius 3 is 2.83 bits per heavy atom. The number of hydrogen-bond donors (Lipinski definition) is 2. The normalized spacial score (nSPS) is 12.6. The second-order valence-electron chi connectivity index (χ2n) is 4.10. The van der Waals surface area contributed by atoms with Gasteiger partial charge in [-0.3, -0.25) is 5.10 Å². The molecule has 18 heavy (non-hydrogen) atoms. The lowest BCUT2D eigenvalue weighted by Gasteiger charge is -2.03. The van der Waals surface area contributed by atoms with Crippen molar-refractivity contribution < 1.29 is 5.11 Å². The molecule has 0 saturated heterocycles. The van der Waals surface area contributed by atoms with Crippen LogP contribution in [0.25, 0.3) is 0 Å². The minimum atomic E-state index is -0.286. The van der Waals surface area contributed by atoms with Crippen molar-refractivity contribution in [3.63, 3.8) is 0 Å². The summed E-state index contributed by atoms with van der Waals surface area (Å²) in [6.45, 7) is 1.96. The maximum atomic E-state index is 9.47. The highest BCUT2D eigenvalue weighted by molar-refractivity contribution is 7.99. The van der Waals surface area contributed by atoms with E-state index in [4.69, 9.17) is 0 Å². The average molecular weight is 263 g/mol. The number of aromatic amines is 1. The maximum Gasteiger partial charge on any atom is 0.208 e. The van der Waals surface area contributed by atoms with E-state index in [1.807, 2.05) is 25.1 Å². The number of nitrogens with zero attached hydrogens (tertiary/aromatic N) is 2. The number of thioether (sulfide) groups is 1. The van der Waals surface area contributed by atoms with Crippen LogP contribution in [-0.2, 0) is 6.42 Å². The zero-order chi connectivity index (χ0) is 12.8. The van der Waals surface area contributed by atoms with Crippen LogP contribution in [0.15, 0.2) is 35.5 Å². The molecular formula is C13H17N3OS. The summed E-state index contributed by atoms with van der Waals surface area (Å²) in [5.41, 5.74) is 1.21. The van der Waals surface area contributed by atoms with Crippen molar-refractivity contribution in [2.45, 2.75) is 31.0 Å². The molecule has 2 rings (SSSR count). The number of aromatic nitrogens is 3. The first-order valence-electron chi connectivity index (χ1n) is 6.04. The van der Waals surface area contributed by atoms with E-state index in [1.165, 1.54) is 17.3 Å². The highest BCUT2D eigenvalue weighted by Gasteiger charge is 2.07. The Morgan fingerprint density at radius 2 is 2.11 bits per heavy atom. The summed E-state index contributed by atoms with van der Waals surface area (Å²) in [6.07, 6.45) is 1.23. The number of H-pyrrole nitrogens is 1. The Kier molecular flexibility index (Phi) is 4.78. The summed E-state index contributed by atoms with van der Waals surface area (Å²) in [6, 6.07) is 10.2. The molecule has 5 heteroatoms. The van der Waals surface area contributed by atoms with E-state index in [0.29, 0.717) is 10.9 Å². The van der Waals surface area contributed by atoms with Gasteiger partial charge in [-0.2, -0.15) is 0 Å². The first-order valence-corrected chi connectivity index (χ1v) is 7.02. The third-order valence-corrected chi connectivity index (χ3v) is 3.59. The van der Waals surface area contributed by atoms with Gasteiger partial charge in [-0.05, 0) is 12.0 Å². The van der Waals surface area contributed by atoms with Crippen LogP contribution in [0.2, 0.25) is 0 Å². The third kappa shape index (κ3) is 3.85. The second-order valence-corrected chi connectivity index (χ2v) is 5.09. The van der Waals surface area contributed by atoms with Gasteiger partial charge in [0.25, 0.3) is 0 Å². The number of hydrogen-bond acceptors (Lipinski definition) is 4. The van der Waals surface area contributed by atoms with Gasteiger partial charge in [0, 0.05) is 12.2 Å². The Morgan fingerprint density at radius 1 is 1.33 bits per heavy atom. The summed E-state index contributed by atoms with van der Waals surface area (Å²) in [7, 11) is 0. The molecule has 0 unspecified atom stereocenters. The minimum absolute atomic E-state index is 0.286. The molecule has 4 nitrogen and oxygen atoms in total. The van der Waals surface area contributed by atoms with Crippen LogP contribution in [0.3, 0.4) is 0 Å². The molecule has 1 heterocycles. The Labute approximate surface area is 111 Å². The van der Waals surface area contributed by atoms with Gasteiger partial charge in [-0.25, -0.2) is 4.98 Å². The van der Waals surface area contributed by atoms with Gasteiger partial charge in [-0.15, -0.1) is 5.10 Å². The van der Waals surface area contributed by atoms with Crippen LogP contribution in [0, 0.1) is 0 Å². The topological polar surface area (TPSA) is 61.8 Å². The van der Waals surface area contributed by atoms with E-state index in [9.17, 15) is 5.11 Å². The lowest BCUT2D eigenvalue weighted by Crippen LogP contribution is -2.07. The quantitative estimate of drug-likeness (QED) is 0.785. The monoisotopic (exact) mass is 263 g/mol. The van der Waals surface area contributed by atoms with E-state index in [2.05, 4.69) is 27.3 Å². The van der Waals surface area contributed by atoms with Crippen molar-refractivity contribution in [1.82, 2.24) is 15.2 Å². The van der Waals surface area contributed by atoms with E-state index >= 15 is 0 Å². The number of nitrogens with one attached hydrogen (secondary N) is 1. The smallest absolute Gasteiger partial charge is 0.208 e. The molecule has 1 atom stereocenters. The molecule has 0 saturated carbocycles. The second kappa shape index (κ2) is 6.56. The van der Waals surface area contributed by atoms with Crippen LogP contribution < -0.4 is 0 Å². The molecule has 0 amide bonds. The maximum absolute atomic E-state index is 9.47. The van der Waals surface area contributed by atoms with Gasteiger partial charge in [-0.1, -0.05) is 49.0 Å². The lowest BCUT2D eigenvalue weighted by atomic mass is 10.1. The zero-order valence-electron chi connectivity index (χ0n) is 10.3. The highest BCUT2D eigenvalue weighted by atomic mass is 32.2. The summed E-state index contributed by atoms with van der Waals surface area (Å²) >= 11 is 1.48. The number of benzene rings is 1. The van der Waals surface area contributed by atoms with Crippen molar-refractivity contribution in [1.29, 1.82) is 0 Å². The Bertz CT molecular complexity index is 472. The van der Waals surface area contributed by atoms with Crippen LogP contribution in [0.4, 0.5) is 0 Å². The van der Waals surface area contributed by atoms with Crippen LogP contribution in [-0.4, -0.2) is 32.1 Å². The highest BCUT2D eigenvalue weighted by Crippen LogP contribution is 2.15. The molecule has 1 aromatic carbocycles. The van der Waals surface area contributed by atoms with Crippen molar-refractivity contribution in [3.8, 4) is 0 Å². The molecule has 0 aliphatic heterocycles. The summed E-state index contributed by atoms with van der Waals surface area (Å²) in [4.78, 5) is 4.40. The van der Waals surface area contributed by atoms with Crippen molar-refractivity contribution in [3.05, 3.63) is 41.7 Å². The average Bonchev–Trinajstić information content (AvgIpc) is 2.85. The van der Waals surface area contributed by atoms with Crippen LogP contribution in [0.1, 0.15) is 24.7 Å². The molecule has 96 valence electrons. The fourth-order valence-electron chi connectivity index (χ4n) is 1.50.